The molecule has 1 heterocycles. The lowest BCUT2D eigenvalue weighted by molar-refractivity contribution is -0.136. The molecule has 6 heteroatoms. The minimum atomic E-state index is -0.917. The Hall–Kier alpha value is -1.43. The highest BCUT2D eigenvalue weighted by Crippen LogP contribution is 2.37. The molecule has 2 rings (SSSR count). The molecular formula is C11H14N2O3S. The molecule has 1 aliphatic carbocycles. The molecule has 1 aliphatic rings. The van der Waals surface area contributed by atoms with E-state index in [0.29, 0.717) is 16.7 Å². The first-order valence-corrected chi connectivity index (χ1v) is 6.41. The summed E-state index contributed by atoms with van der Waals surface area (Å²) in [6.07, 6.45) is 2.14. The summed E-state index contributed by atoms with van der Waals surface area (Å²) in [6, 6.07) is 0. The molecule has 1 aromatic rings. The summed E-state index contributed by atoms with van der Waals surface area (Å²) in [7, 11) is 0. The molecule has 0 bridgehead atoms. The van der Waals surface area contributed by atoms with Crippen molar-refractivity contribution in [1.29, 1.82) is 0 Å². The van der Waals surface area contributed by atoms with Gasteiger partial charge in [0.15, 0.2) is 5.13 Å². The normalized spacial score (nSPS) is 16.5. The highest BCUT2D eigenvalue weighted by atomic mass is 32.1. The van der Waals surface area contributed by atoms with Gasteiger partial charge in [0.2, 0.25) is 5.91 Å². The Balaban J connectivity index is 1.91. The number of hydrogen-bond donors (Lipinski definition) is 2. The molecule has 2 N–H and O–H groups in total. The van der Waals surface area contributed by atoms with Crippen LogP contribution in [-0.2, 0) is 16.0 Å². The van der Waals surface area contributed by atoms with Crippen LogP contribution in [0.1, 0.15) is 25.5 Å². The van der Waals surface area contributed by atoms with E-state index >= 15 is 0 Å². The minimum Gasteiger partial charge on any atom is -0.481 e. The van der Waals surface area contributed by atoms with Gasteiger partial charge >= 0.3 is 5.97 Å². The van der Waals surface area contributed by atoms with Crippen molar-refractivity contribution >= 4 is 28.3 Å². The van der Waals surface area contributed by atoms with Crippen LogP contribution in [0.3, 0.4) is 0 Å². The van der Waals surface area contributed by atoms with Crippen LogP contribution in [0, 0.1) is 11.8 Å². The quantitative estimate of drug-likeness (QED) is 0.839. The smallest absolute Gasteiger partial charge is 0.309 e. The second kappa shape index (κ2) is 4.83. The Labute approximate surface area is 103 Å². The van der Waals surface area contributed by atoms with Gasteiger partial charge in [-0.05, 0) is 18.8 Å². The number of carboxylic acid groups (broad SMARTS) is 1. The number of nitrogens with one attached hydrogen (secondary N) is 1. The van der Waals surface area contributed by atoms with Crippen molar-refractivity contribution < 1.29 is 14.7 Å². The summed E-state index contributed by atoms with van der Waals surface area (Å²) in [5.74, 6) is -0.418. The number of aliphatic carboxylic acids is 1. The lowest BCUT2D eigenvalue weighted by Crippen LogP contribution is -2.21. The van der Waals surface area contributed by atoms with Gasteiger partial charge in [-0.15, -0.1) is 11.3 Å². The number of anilines is 1. The molecule has 92 valence electrons. The molecule has 17 heavy (non-hydrogen) atoms. The van der Waals surface area contributed by atoms with Gasteiger partial charge in [0.1, 0.15) is 0 Å². The first-order valence-electron chi connectivity index (χ1n) is 5.53. The van der Waals surface area contributed by atoms with E-state index in [-0.39, 0.29) is 18.2 Å². The molecule has 0 spiro atoms. The number of aromatic nitrogens is 1. The van der Waals surface area contributed by atoms with Gasteiger partial charge < -0.3 is 10.4 Å². The fourth-order valence-electron chi connectivity index (χ4n) is 1.63. The summed E-state index contributed by atoms with van der Waals surface area (Å²) in [5, 5.41) is 13.5. The van der Waals surface area contributed by atoms with Crippen LogP contribution in [0.25, 0.3) is 0 Å². The zero-order chi connectivity index (χ0) is 12.4. The molecular weight excluding hydrogens is 240 g/mol. The number of rotatable bonds is 5. The van der Waals surface area contributed by atoms with Crippen LogP contribution in [0.5, 0.6) is 0 Å². The summed E-state index contributed by atoms with van der Waals surface area (Å²) in [5.41, 5.74) is 0.483. The second-order valence-electron chi connectivity index (χ2n) is 4.33. The van der Waals surface area contributed by atoms with Crippen molar-refractivity contribution in [3.8, 4) is 0 Å². The Kier molecular flexibility index (Phi) is 3.42. The standard InChI is InChI=1S/C11H14N2O3S/c1-6(7-2-3-7)10(16)13-11-12-8(5-17-11)4-9(14)15/h5-7H,2-4H2,1H3,(H,14,15)(H,12,13,16). The van der Waals surface area contributed by atoms with Gasteiger partial charge in [-0.1, -0.05) is 6.92 Å². The SMILES string of the molecule is CC(C(=O)Nc1nc(CC(=O)O)cs1)C1CC1. The van der Waals surface area contributed by atoms with E-state index in [1.807, 2.05) is 6.92 Å². The monoisotopic (exact) mass is 254 g/mol. The van der Waals surface area contributed by atoms with Gasteiger partial charge in [0.05, 0.1) is 12.1 Å². The van der Waals surface area contributed by atoms with Gasteiger partial charge in [-0.2, -0.15) is 0 Å². The first-order chi connectivity index (χ1) is 8.06. The van der Waals surface area contributed by atoms with Gasteiger partial charge in [0.25, 0.3) is 0 Å². The van der Waals surface area contributed by atoms with Crippen LogP contribution in [0.2, 0.25) is 0 Å². The Bertz CT molecular complexity index is 440. The topological polar surface area (TPSA) is 79.3 Å². The highest BCUT2D eigenvalue weighted by molar-refractivity contribution is 7.13. The summed E-state index contributed by atoms with van der Waals surface area (Å²) >= 11 is 1.26. The van der Waals surface area contributed by atoms with Crippen molar-refractivity contribution in [2.24, 2.45) is 11.8 Å². The Morgan fingerprint density at radius 1 is 1.65 bits per heavy atom. The van der Waals surface area contributed by atoms with Crippen LogP contribution in [-0.4, -0.2) is 22.0 Å². The molecule has 1 saturated carbocycles. The first kappa shape index (κ1) is 12.0. The molecule has 0 saturated heterocycles. The van der Waals surface area contributed by atoms with E-state index in [0.717, 1.165) is 12.8 Å². The molecule has 0 aliphatic heterocycles. The van der Waals surface area contributed by atoms with E-state index in [2.05, 4.69) is 10.3 Å². The predicted octanol–water partition coefficient (Wildman–Crippen LogP) is 1.75. The van der Waals surface area contributed by atoms with Gasteiger partial charge in [0, 0.05) is 11.3 Å². The van der Waals surface area contributed by atoms with Crippen molar-refractivity contribution in [3.63, 3.8) is 0 Å². The minimum absolute atomic E-state index is 0.0156. The average Bonchev–Trinajstić information content (AvgIpc) is 3.01. The van der Waals surface area contributed by atoms with Crippen LogP contribution in [0.4, 0.5) is 5.13 Å². The van der Waals surface area contributed by atoms with Crippen LogP contribution < -0.4 is 5.32 Å². The maximum atomic E-state index is 11.8. The number of amides is 1. The molecule has 1 amide bonds. The number of thiazole rings is 1. The van der Waals surface area contributed by atoms with E-state index in [9.17, 15) is 9.59 Å². The Morgan fingerprint density at radius 2 is 2.35 bits per heavy atom. The largest absolute Gasteiger partial charge is 0.481 e. The third-order valence-electron chi connectivity index (χ3n) is 2.86. The maximum absolute atomic E-state index is 11.8. The molecule has 5 nitrogen and oxygen atoms in total. The van der Waals surface area contributed by atoms with Crippen LogP contribution in [0.15, 0.2) is 5.38 Å². The molecule has 0 aromatic carbocycles. The summed E-state index contributed by atoms with van der Waals surface area (Å²) in [4.78, 5) is 26.3. The zero-order valence-corrected chi connectivity index (χ0v) is 10.3. The van der Waals surface area contributed by atoms with E-state index in [4.69, 9.17) is 5.11 Å². The number of hydrogen-bond acceptors (Lipinski definition) is 4. The maximum Gasteiger partial charge on any atom is 0.309 e. The highest BCUT2D eigenvalue weighted by Gasteiger charge is 2.32. The molecule has 1 aromatic heterocycles. The average molecular weight is 254 g/mol. The molecule has 1 unspecified atom stereocenters. The van der Waals surface area contributed by atoms with E-state index in [1.165, 1.54) is 11.3 Å². The summed E-state index contributed by atoms with van der Waals surface area (Å²) in [6.45, 7) is 1.92. The van der Waals surface area contributed by atoms with Crippen molar-refractivity contribution in [1.82, 2.24) is 4.98 Å². The predicted molar refractivity (Wildman–Crippen MR) is 64.0 cm³/mol. The lowest BCUT2D eigenvalue weighted by Gasteiger charge is -2.08. The third-order valence-corrected chi connectivity index (χ3v) is 3.66. The number of nitrogens with zero attached hydrogens (tertiary/aromatic N) is 1. The fraction of sp³-hybridized carbons (Fsp3) is 0.545. The third kappa shape index (κ3) is 3.26. The van der Waals surface area contributed by atoms with E-state index in [1.54, 1.807) is 5.38 Å². The molecule has 0 radical (unpaired) electrons. The van der Waals surface area contributed by atoms with Crippen molar-refractivity contribution in [2.75, 3.05) is 5.32 Å². The second-order valence-corrected chi connectivity index (χ2v) is 5.19. The van der Waals surface area contributed by atoms with Crippen LogP contribution >= 0.6 is 11.3 Å². The van der Waals surface area contributed by atoms with Crippen molar-refractivity contribution in [2.45, 2.75) is 26.2 Å². The van der Waals surface area contributed by atoms with E-state index < -0.39 is 5.97 Å². The zero-order valence-electron chi connectivity index (χ0n) is 9.47. The summed E-state index contributed by atoms with van der Waals surface area (Å²) < 4.78 is 0. The molecule has 1 atom stereocenters. The number of carbonyl (C=O) groups excluding carboxylic acids is 1. The fourth-order valence-corrected chi connectivity index (χ4v) is 2.34. The van der Waals surface area contributed by atoms with Crippen molar-refractivity contribution in [3.05, 3.63) is 11.1 Å². The van der Waals surface area contributed by atoms with Gasteiger partial charge in [-0.3, -0.25) is 9.59 Å². The number of carbonyl (C=O) groups is 2. The Morgan fingerprint density at radius 3 is 2.94 bits per heavy atom. The number of carboxylic acids is 1. The lowest BCUT2D eigenvalue weighted by atomic mass is 10.1. The van der Waals surface area contributed by atoms with Gasteiger partial charge in [-0.25, -0.2) is 4.98 Å². The molecule has 1 fully saturated rings.